The maximum absolute atomic E-state index is 13.5. The highest BCUT2D eigenvalue weighted by atomic mass is 35.5. The zero-order valence-electron chi connectivity index (χ0n) is 13.5. The van der Waals surface area contributed by atoms with Gasteiger partial charge < -0.3 is 10.1 Å². The second-order valence-electron chi connectivity index (χ2n) is 6.15. The van der Waals surface area contributed by atoms with Crippen molar-refractivity contribution >= 4 is 29.1 Å². The van der Waals surface area contributed by atoms with Crippen molar-refractivity contribution in [2.45, 2.75) is 44.2 Å². The van der Waals surface area contributed by atoms with Gasteiger partial charge in [-0.2, -0.15) is 0 Å². The molecule has 0 aliphatic heterocycles. The molecule has 1 saturated carbocycles. The van der Waals surface area contributed by atoms with E-state index in [0.717, 1.165) is 0 Å². The van der Waals surface area contributed by atoms with Gasteiger partial charge in [-0.3, -0.25) is 4.79 Å². The Hall–Kier alpha value is -0.840. The molecule has 1 aliphatic carbocycles. The van der Waals surface area contributed by atoms with E-state index < -0.39 is 9.75 Å². The minimum atomic E-state index is -1.01. The molecule has 3 atom stereocenters. The summed E-state index contributed by atoms with van der Waals surface area (Å²) in [5, 5.41) is 2.89. The quantitative estimate of drug-likeness (QED) is 0.743. The Bertz CT molecular complexity index is 581. The predicted octanol–water partition coefficient (Wildman–Crippen LogP) is 4.07. The molecule has 23 heavy (non-hydrogen) atoms. The number of hydrogen-bond donors (Lipinski definition) is 1. The van der Waals surface area contributed by atoms with E-state index in [0.29, 0.717) is 12.0 Å². The third-order valence-corrected chi connectivity index (χ3v) is 6.05. The molecule has 0 aromatic heterocycles. The fourth-order valence-electron chi connectivity index (χ4n) is 3.05. The van der Waals surface area contributed by atoms with Gasteiger partial charge in [0.25, 0.3) is 0 Å². The predicted molar refractivity (Wildman–Crippen MR) is 90.0 cm³/mol. The van der Waals surface area contributed by atoms with Gasteiger partial charge in [0.15, 0.2) is 0 Å². The van der Waals surface area contributed by atoms with E-state index in [9.17, 15) is 9.18 Å². The first-order chi connectivity index (χ1) is 10.8. The molecule has 0 radical (unpaired) electrons. The number of rotatable bonds is 7. The van der Waals surface area contributed by atoms with Gasteiger partial charge in [0.1, 0.15) is 10.2 Å². The van der Waals surface area contributed by atoms with E-state index in [1.165, 1.54) is 6.07 Å². The average molecular weight is 362 g/mol. The maximum atomic E-state index is 13.5. The van der Waals surface area contributed by atoms with Crippen LogP contribution in [0.3, 0.4) is 0 Å². The third kappa shape index (κ3) is 3.35. The van der Waals surface area contributed by atoms with E-state index in [-0.39, 0.29) is 36.9 Å². The van der Waals surface area contributed by atoms with Crippen molar-refractivity contribution in [1.82, 2.24) is 5.32 Å². The van der Waals surface area contributed by atoms with Crippen molar-refractivity contribution in [3.63, 3.8) is 0 Å². The molecule has 6 heteroatoms. The number of ether oxygens (including phenoxy) is 1. The number of halogens is 3. The Morgan fingerprint density at radius 3 is 2.57 bits per heavy atom. The Labute approximate surface area is 146 Å². The average Bonchev–Trinajstić information content (AvgIpc) is 2.94. The first-order valence-corrected chi connectivity index (χ1v) is 8.52. The molecule has 0 unspecified atom stereocenters. The number of benzene rings is 1. The molecule has 2 rings (SSSR count). The number of carbonyl (C=O) groups excluding carboxylic acids is 1. The summed E-state index contributed by atoms with van der Waals surface area (Å²) in [5.41, 5.74) is -0.247. The molecule has 1 aliphatic rings. The highest BCUT2D eigenvalue weighted by Gasteiger charge is 2.76. The van der Waals surface area contributed by atoms with Gasteiger partial charge in [-0.15, -0.1) is 23.2 Å². The minimum Gasteiger partial charge on any atom is -0.375 e. The highest BCUT2D eigenvalue weighted by molar-refractivity contribution is 6.53. The standard InChI is InChI=1S/C17H22Cl2FNO2/c1-4-16(12(3)17(16,18)19)15(22)21-11(2)9-23-10-13-7-5-6-8-14(13)20/h5-8,11-12H,4,9-10H2,1-3H3,(H,21,22)/t11-,12+,16+/m1/s1. The molecule has 1 N–H and O–H groups in total. The lowest BCUT2D eigenvalue weighted by molar-refractivity contribution is -0.128. The zero-order chi connectivity index (χ0) is 17.3. The third-order valence-electron chi connectivity index (χ3n) is 4.72. The normalized spacial score (nSPS) is 26.6. The van der Waals surface area contributed by atoms with Gasteiger partial charge in [-0.05, 0) is 19.4 Å². The number of amides is 1. The van der Waals surface area contributed by atoms with E-state index >= 15 is 0 Å². The topological polar surface area (TPSA) is 38.3 Å². The van der Waals surface area contributed by atoms with Crippen molar-refractivity contribution in [1.29, 1.82) is 0 Å². The highest BCUT2D eigenvalue weighted by Crippen LogP contribution is 2.70. The lowest BCUT2D eigenvalue weighted by atomic mass is 9.99. The smallest absolute Gasteiger partial charge is 0.229 e. The lowest BCUT2D eigenvalue weighted by Crippen LogP contribution is -2.42. The molecule has 0 heterocycles. The summed E-state index contributed by atoms with van der Waals surface area (Å²) in [7, 11) is 0. The monoisotopic (exact) mass is 361 g/mol. The van der Waals surface area contributed by atoms with Gasteiger partial charge in [0.2, 0.25) is 5.91 Å². The van der Waals surface area contributed by atoms with Crippen molar-refractivity contribution in [2.75, 3.05) is 6.61 Å². The van der Waals surface area contributed by atoms with Gasteiger partial charge in [0.05, 0.1) is 18.6 Å². The van der Waals surface area contributed by atoms with Crippen LogP contribution in [-0.4, -0.2) is 22.9 Å². The van der Waals surface area contributed by atoms with Crippen LogP contribution >= 0.6 is 23.2 Å². The van der Waals surface area contributed by atoms with Crippen molar-refractivity contribution in [3.05, 3.63) is 35.6 Å². The van der Waals surface area contributed by atoms with E-state index in [2.05, 4.69) is 5.32 Å². The number of hydrogen-bond acceptors (Lipinski definition) is 2. The summed E-state index contributed by atoms with van der Waals surface area (Å²) in [6.07, 6.45) is 0.579. The largest absolute Gasteiger partial charge is 0.375 e. The molecular formula is C17H22Cl2FNO2. The van der Waals surface area contributed by atoms with Crippen molar-refractivity contribution in [3.8, 4) is 0 Å². The summed E-state index contributed by atoms with van der Waals surface area (Å²) in [6, 6.07) is 6.24. The Kier molecular flexibility index (Phi) is 5.59. The van der Waals surface area contributed by atoms with Gasteiger partial charge in [-0.25, -0.2) is 4.39 Å². The minimum absolute atomic E-state index is 0.0881. The summed E-state index contributed by atoms with van der Waals surface area (Å²) in [5.74, 6) is -0.538. The molecule has 0 saturated heterocycles. The van der Waals surface area contributed by atoms with E-state index in [1.54, 1.807) is 18.2 Å². The van der Waals surface area contributed by atoms with Crippen LogP contribution in [0.1, 0.15) is 32.8 Å². The van der Waals surface area contributed by atoms with Gasteiger partial charge in [0, 0.05) is 17.5 Å². The fourth-order valence-corrected chi connectivity index (χ4v) is 4.08. The van der Waals surface area contributed by atoms with Crippen LogP contribution in [0.5, 0.6) is 0 Å². The summed E-state index contributed by atoms with van der Waals surface area (Å²) in [4.78, 5) is 12.5. The lowest BCUT2D eigenvalue weighted by Gasteiger charge is -2.20. The number of nitrogens with one attached hydrogen (secondary N) is 1. The van der Waals surface area contributed by atoms with Crippen LogP contribution in [0.4, 0.5) is 4.39 Å². The van der Waals surface area contributed by atoms with Crippen LogP contribution in [-0.2, 0) is 16.1 Å². The molecule has 1 amide bonds. The van der Waals surface area contributed by atoms with Crippen LogP contribution < -0.4 is 5.32 Å². The maximum Gasteiger partial charge on any atom is 0.229 e. The first-order valence-electron chi connectivity index (χ1n) is 7.77. The summed E-state index contributed by atoms with van der Waals surface area (Å²) < 4.78 is 18.0. The van der Waals surface area contributed by atoms with Gasteiger partial charge >= 0.3 is 0 Å². The number of carbonyl (C=O) groups is 1. The number of alkyl halides is 2. The first kappa shape index (κ1) is 18.5. The Morgan fingerprint density at radius 1 is 1.43 bits per heavy atom. The van der Waals surface area contributed by atoms with Crippen molar-refractivity contribution in [2.24, 2.45) is 11.3 Å². The van der Waals surface area contributed by atoms with E-state index in [1.807, 2.05) is 20.8 Å². The molecule has 3 nitrogen and oxygen atoms in total. The fraction of sp³-hybridized carbons (Fsp3) is 0.588. The Morgan fingerprint density at radius 2 is 2.04 bits per heavy atom. The molecule has 128 valence electrons. The summed E-state index contributed by atoms with van der Waals surface area (Å²) >= 11 is 12.5. The molecule has 1 fully saturated rings. The molecule has 0 spiro atoms. The molecule has 1 aromatic carbocycles. The Balaban J connectivity index is 1.82. The van der Waals surface area contributed by atoms with Crippen LogP contribution in [0, 0.1) is 17.2 Å². The van der Waals surface area contributed by atoms with Crippen LogP contribution in [0.15, 0.2) is 24.3 Å². The molecule has 1 aromatic rings. The second-order valence-corrected chi connectivity index (χ2v) is 7.54. The molecule has 0 bridgehead atoms. The summed E-state index contributed by atoms with van der Waals surface area (Å²) in [6.45, 7) is 6.06. The van der Waals surface area contributed by atoms with Crippen LogP contribution in [0.25, 0.3) is 0 Å². The van der Waals surface area contributed by atoms with Crippen LogP contribution in [0.2, 0.25) is 0 Å². The molecular weight excluding hydrogens is 340 g/mol. The van der Waals surface area contributed by atoms with E-state index in [4.69, 9.17) is 27.9 Å². The second kappa shape index (κ2) is 6.96. The SMILES string of the molecule is CC[C@@]1(C(=O)N[C@H](C)COCc2ccccc2F)[C@H](C)C1(Cl)Cl. The van der Waals surface area contributed by atoms with Gasteiger partial charge in [-0.1, -0.05) is 32.0 Å². The van der Waals surface area contributed by atoms with Crippen molar-refractivity contribution < 1.29 is 13.9 Å². The zero-order valence-corrected chi connectivity index (χ0v) is 15.0.